The predicted octanol–water partition coefficient (Wildman–Crippen LogP) is 5.77. The maximum Gasteiger partial charge on any atom is 0.365 e. The normalized spacial score (nSPS) is 13.8. The Hall–Kier alpha value is -4.66. The fraction of sp³-hybridized carbons (Fsp3) is 0.111. The molecular formula is C27H19F2N3O4. The highest BCUT2D eigenvalue weighted by Crippen LogP contribution is 2.33. The van der Waals surface area contributed by atoms with Gasteiger partial charge in [0.2, 0.25) is 0 Å². The zero-order valence-electron chi connectivity index (χ0n) is 18.8. The first-order valence-electron chi connectivity index (χ1n) is 11.2. The topological polar surface area (TPSA) is 93.8 Å². The number of aryl methyl sites for hydroxylation is 1. The fourth-order valence-electron chi connectivity index (χ4n) is 3.97. The Labute approximate surface area is 204 Å². The van der Waals surface area contributed by atoms with E-state index in [9.17, 15) is 18.4 Å². The van der Waals surface area contributed by atoms with Crippen molar-refractivity contribution in [3.63, 3.8) is 0 Å². The molecule has 9 heteroatoms. The molecule has 3 aromatic carbocycles. The van der Waals surface area contributed by atoms with E-state index >= 15 is 0 Å². The van der Waals surface area contributed by atoms with E-state index in [1.54, 1.807) is 30.3 Å². The molecule has 1 aromatic heterocycles. The Balaban J connectivity index is 1.35. The van der Waals surface area contributed by atoms with Gasteiger partial charge < -0.3 is 14.7 Å². The SMILES string of the molecule is O=C(Nc1cccc(C(=O)O/N=C2\CCCc3onc(-c4ccccc4F)c32)c1)c1cccc(F)c1. The van der Waals surface area contributed by atoms with Crippen molar-refractivity contribution < 1.29 is 27.7 Å². The standard InChI is InChI=1S/C27H19F2N3O4/c28-18-8-3-6-16(14-18)26(33)30-19-9-4-7-17(15-19)27(34)36-31-22-12-5-13-23-24(22)25(32-35-23)20-10-1-2-11-21(20)29/h1-4,6-11,14-15H,5,12-13H2,(H,30,33)/b31-22+. The van der Waals surface area contributed by atoms with Gasteiger partial charge in [-0.2, -0.15) is 0 Å². The number of hydrogen-bond acceptors (Lipinski definition) is 6. The lowest BCUT2D eigenvalue weighted by atomic mass is 9.92. The lowest BCUT2D eigenvalue weighted by Crippen LogP contribution is -2.14. The highest BCUT2D eigenvalue weighted by Gasteiger charge is 2.28. The Bertz CT molecular complexity index is 1500. The number of hydrogen-bond donors (Lipinski definition) is 1. The van der Waals surface area contributed by atoms with Gasteiger partial charge in [0.1, 0.15) is 23.1 Å². The van der Waals surface area contributed by atoms with Crippen LogP contribution in [0.4, 0.5) is 14.5 Å². The second kappa shape index (κ2) is 9.91. The second-order valence-corrected chi connectivity index (χ2v) is 8.12. The van der Waals surface area contributed by atoms with Gasteiger partial charge in [-0.1, -0.05) is 34.6 Å². The molecule has 0 atom stereocenters. The summed E-state index contributed by atoms with van der Waals surface area (Å²) < 4.78 is 33.2. The number of anilines is 1. The van der Waals surface area contributed by atoms with Crippen molar-refractivity contribution in [1.29, 1.82) is 0 Å². The van der Waals surface area contributed by atoms with Crippen molar-refractivity contribution in [2.45, 2.75) is 19.3 Å². The number of rotatable bonds is 5. The molecule has 1 N–H and O–H groups in total. The lowest BCUT2D eigenvalue weighted by molar-refractivity contribution is 0.0515. The van der Waals surface area contributed by atoms with Gasteiger partial charge in [0.05, 0.1) is 16.8 Å². The Morgan fingerprint density at radius 2 is 1.75 bits per heavy atom. The van der Waals surface area contributed by atoms with Crippen LogP contribution in [0.2, 0.25) is 0 Å². The number of carbonyl (C=O) groups is 2. The van der Waals surface area contributed by atoms with Gasteiger partial charge in [-0.15, -0.1) is 0 Å². The van der Waals surface area contributed by atoms with E-state index in [2.05, 4.69) is 15.6 Å². The summed E-state index contributed by atoms with van der Waals surface area (Å²) in [6.07, 6.45) is 1.81. The Morgan fingerprint density at radius 3 is 2.58 bits per heavy atom. The van der Waals surface area contributed by atoms with Crippen LogP contribution in [0.25, 0.3) is 11.3 Å². The smallest absolute Gasteiger partial charge is 0.360 e. The lowest BCUT2D eigenvalue weighted by Gasteiger charge is -2.13. The van der Waals surface area contributed by atoms with Crippen molar-refractivity contribution in [3.05, 3.63) is 107 Å². The van der Waals surface area contributed by atoms with Crippen molar-refractivity contribution in [3.8, 4) is 11.3 Å². The molecule has 7 nitrogen and oxygen atoms in total. The van der Waals surface area contributed by atoms with Crippen molar-refractivity contribution in [2.24, 2.45) is 5.16 Å². The van der Waals surface area contributed by atoms with Crippen molar-refractivity contribution >= 4 is 23.3 Å². The van der Waals surface area contributed by atoms with Crippen LogP contribution < -0.4 is 5.32 Å². The maximum absolute atomic E-state index is 14.4. The fourth-order valence-corrected chi connectivity index (χ4v) is 3.97. The molecule has 0 aliphatic heterocycles. The summed E-state index contributed by atoms with van der Waals surface area (Å²) in [6, 6.07) is 17.6. The largest absolute Gasteiger partial charge is 0.365 e. The van der Waals surface area contributed by atoms with E-state index in [0.29, 0.717) is 47.7 Å². The van der Waals surface area contributed by atoms with Crippen LogP contribution in [0.5, 0.6) is 0 Å². The third kappa shape index (κ3) is 4.76. The molecule has 0 radical (unpaired) electrons. The number of halogens is 2. The van der Waals surface area contributed by atoms with Crippen LogP contribution in [0.15, 0.2) is 82.5 Å². The molecule has 0 saturated heterocycles. The number of fused-ring (bicyclic) bond motifs is 1. The summed E-state index contributed by atoms with van der Waals surface area (Å²) in [4.78, 5) is 30.3. The van der Waals surface area contributed by atoms with E-state index < -0.39 is 23.5 Å². The number of carbonyl (C=O) groups excluding carboxylic acids is 2. The zero-order valence-corrected chi connectivity index (χ0v) is 18.8. The summed E-state index contributed by atoms with van der Waals surface area (Å²) in [5.74, 6) is -1.71. The molecule has 180 valence electrons. The van der Waals surface area contributed by atoms with E-state index in [4.69, 9.17) is 9.36 Å². The molecule has 0 saturated carbocycles. The van der Waals surface area contributed by atoms with Crippen molar-refractivity contribution in [2.75, 3.05) is 5.32 Å². The molecular weight excluding hydrogens is 468 g/mol. The van der Waals surface area contributed by atoms with Gasteiger partial charge in [0, 0.05) is 23.2 Å². The molecule has 5 rings (SSSR count). The molecule has 1 aliphatic rings. The van der Waals surface area contributed by atoms with Gasteiger partial charge in [-0.25, -0.2) is 13.6 Å². The number of oxime groups is 1. The van der Waals surface area contributed by atoms with Crippen LogP contribution in [-0.4, -0.2) is 22.7 Å². The van der Waals surface area contributed by atoms with Crippen LogP contribution in [0.1, 0.15) is 44.9 Å². The minimum Gasteiger partial charge on any atom is -0.360 e. The summed E-state index contributed by atoms with van der Waals surface area (Å²) in [7, 11) is 0. The molecule has 0 unspecified atom stereocenters. The summed E-state index contributed by atoms with van der Waals surface area (Å²) in [5, 5.41) is 10.7. The Kier molecular flexibility index (Phi) is 6.36. The summed E-state index contributed by atoms with van der Waals surface area (Å²) >= 11 is 0. The third-order valence-electron chi connectivity index (χ3n) is 5.68. The number of nitrogens with zero attached hydrogens (tertiary/aromatic N) is 2. The minimum atomic E-state index is -0.750. The average Bonchev–Trinajstić information content (AvgIpc) is 3.32. The maximum atomic E-state index is 14.4. The number of benzene rings is 3. The molecule has 1 heterocycles. The highest BCUT2D eigenvalue weighted by atomic mass is 19.1. The van der Waals surface area contributed by atoms with Gasteiger partial charge in [0.15, 0.2) is 0 Å². The molecule has 0 spiro atoms. The number of amides is 1. The first kappa shape index (κ1) is 23.1. The highest BCUT2D eigenvalue weighted by molar-refractivity contribution is 6.07. The molecule has 0 fully saturated rings. The van der Waals surface area contributed by atoms with E-state index in [1.165, 1.54) is 36.4 Å². The van der Waals surface area contributed by atoms with Gasteiger partial charge in [0.25, 0.3) is 5.91 Å². The van der Waals surface area contributed by atoms with Gasteiger partial charge in [-0.05, 0) is 61.4 Å². The number of nitrogens with one attached hydrogen (secondary N) is 1. The van der Waals surface area contributed by atoms with Crippen molar-refractivity contribution in [1.82, 2.24) is 5.16 Å². The minimum absolute atomic E-state index is 0.141. The average molecular weight is 487 g/mol. The van der Waals surface area contributed by atoms with Crippen LogP contribution in [-0.2, 0) is 11.3 Å². The number of aromatic nitrogens is 1. The monoisotopic (exact) mass is 487 g/mol. The van der Waals surface area contributed by atoms with Crippen LogP contribution >= 0.6 is 0 Å². The van der Waals surface area contributed by atoms with Gasteiger partial charge >= 0.3 is 5.97 Å². The van der Waals surface area contributed by atoms with E-state index in [-0.39, 0.29) is 16.7 Å². The van der Waals surface area contributed by atoms with Crippen LogP contribution in [0.3, 0.4) is 0 Å². The predicted molar refractivity (Wildman–Crippen MR) is 128 cm³/mol. The molecule has 1 aliphatic carbocycles. The first-order chi connectivity index (χ1) is 17.5. The molecule has 1 amide bonds. The summed E-state index contributed by atoms with van der Waals surface area (Å²) in [6.45, 7) is 0. The molecule has 0 bridgehead atoms. The zero-order chi connectivity index (χ0) is 25.1. The second-order valence-electron chi connectivity index (χ2n) is 8.12. The summed E-state index contributed by atoms with van der Waals surface area (Å²) in [5.41, 5.74) is 2.14. The van der Waals surface area contributed by atoms with Gasteiger partial charge in [-0.3, -0.25) is 4.79 Å². The van der Waals surface area contributed by atoms with E-state index in [0.717, 1.165) is 6.07 Å². The van der Waals surface area contributed by atoms with Crippen LogP contribution in [0, 0.1) is 11.6 Å². The Morgan fingerprint density at radius 1 is 0.944 bits per heavy atom. The third-order valence-corrected chi connectivity index (χ3v) is 5.68. The molecule has 4 aromatic rings. The first-order valence-corrected chi connectivity index (χ1v) is 11.2. The quantitative estimate of drug-likeness (QED) is 0.285. The van der Waals surface area contributed by atoms with E-state index in [1.807, 2.05) is 0 Å². The molecule has 36 heavy (non-hydrogen) atoms.